The smallest absolute Gasteiger partial charge is 0.0898 e. The number of rotatable bonds is 0. The minimum Gasteiger partial charge on any atom is -0.272 e. The average Bonchev–Trinajstić information content (AvgIpc) is 2.65. The van der Waals surface area contributed by atoms with Crippen molar-refractivity contribution in [3.8, 4) is 0 Å². The van der Waals surface area contributed by atoms with Gasteiger partial charge in [-0.2, -0.15) is 0 Å². The highest BCUT2D eigenvalue weighted by atomic mass is 32.2. The zero-order valence-electron chi connectivity index (χ0n) is 6.73. The third-order valence-electron chi connectivity index (χ3n) is 2.04. The molecule has 13 heavy (non-hydrogen) atoms. The second kappa shape index (κ2) is 2.89. The van der Waals surface area contributed by atoms with E-state index in [1.54, 1.807) is 11.8 Å². The molecule has 2 nitrogen and oxygen atoms in total. The molecule has 0 unspecified atom stereocenters. The van der Waals surface area contributed by atoms with E-state index in [9.17, 15) is 0 Å². The van der Waals surface area contributed by atoms with Crippen molar-refractivity contribution in [2.75, 3.05) is 5.88 Å². The Balaban J connectivity index is 2.48. The minimum atomic E-state index is 0.863. The van der Waals surface area contributed by atoms with Crippen LogP contribution in [0.25, 0.3) is 6.08 Å². The van der Waals surface area contributed by atoms with Crippen LogP contribution in [-0.2, 0) is 0 Å². The van der Waals surface area contributed by atoms with E-state index in [0.29, 0.717) is 0 Å². The summed E-state index contributed by atoms with van der Waals surface area (Å²) in [6.07, 6.45) is 3.88. The number of benzene rings is 1. The molecule has 1 aromatic rings. The summed E-state index contributed by atoms with van der Waals surface area (Å²) < 4.78 is 4.13. The molecule has 0 aliphatic carbocycles. The van der Waals surface area contributed by atoms with Gasteiger partial charge >= 0.3 is 0 Å². The van der Waals surface area contributed by atoms with Gasteiger partial charge in [-0.15, -0.1) is 11.8 Å². The van der Waals surface area contributed by atoms with Crippen LogP contribution >= 0.6 is 23.7 Å². The second-order valence-electron chi connectivity index (χ2n) is 2.77. The monoisotopic (exact) mass is 206 g/mol. The van der Waals surface area contributed by atoms with E-state index in [1.165, 1.54) is 27.0 Å². The molecule has 0 fully saturated rings. The van der Waals surface area contributed by atoms with Crippen molar-refractivity contribution in [1.82, 2.24) is 0 Å². The first-order valence-electron chi connectivity index (χ1n) is 3.96. The lowest BCUT2D eigenvalue weighted by Gasteiger charge is -2.01. The van der Waals surface area contributed by atoms with E-state index < -0.39 is 0 Å². The van der Waals surface area contributed by atoms with Gasteiger partial charge in [-0.3, -0.25) is 4.99 Å². The van der Waals surface area contributed by atoms with Crippen molar-refractivity contribution < 1.29 is 0 Å². The maximum Gasteiger partial charge on any atom is 0.0898 e. The van der Waals surface area contributed by atoms with Gasteiger partial charge in [0.15, 0.2) is 0 Å². The van der Waals surface area contributed by atoms with Crippen LogP contribution < -0.4 is 10.6 Å². The van der Waals surface area contributed by atoms with Crippen LogP contribution in [0.15, 0.2) is 31.3 Å². The molecule has 2 heterocycles. The summed E-state index contributed by atoms with van der Waals surface area (Å²) in [5.41, 5.74) is 0. The highest BCUT2D eigenvalue weighted by Gasteiger charge is 2.09. The Hall–Kier alpha value is -0.740. The summed E-state index contributed by atoms with van der Waals surface area (Å²) in [5, 5.41) is 2.39. The van der Waals surface area contributed by atoms with Crippen molar-refractivity contribution in [2.45, 2.75) is 9.79 Å². The summed E-state index contributed by atoms with van der Waals surface area (Å²) in [5.74, 6) is 0.863. The lowest BCUT2D eigenvalue weighted by Crippen LogP contribution is -2.28. The predicted octanol–water partition coefficient (Wildman–Crippen LogP) is 1.24. The third-order valence-corrected chi connectivity index (χ3v) is 3.71. The van der Waals surface area contributed by atoms with Crippen LogP contribution in [0.3, 0.4) is 0 Å². The zero-order valence-corrected chi connectivity index (χ0v) is 8.36. The predicted molar refractivity (Wildman–Crippen MR) is 56.8 cm³/mol. The Morgan fingerprint density at radius 3 is 3.15 bits per heavy atom. The summed E-state index contributed by atoms with van der Waals surface area (Å²) in [6, 6.07) is 4.26. The standard InChI is InChI=1S/C9H6N2S2/c1-2-8-9(10-5-12-8)6-3-4-11-13-7(1)6/h1-4H,5H2. The van der Waals surface area contributed by atoms with Crippen molar-refractivity contribution in [3.05, 3.63) is 22.7 Å². The molecule has 0 bridgehead atoms. The summed E-state index contributed by atoms with van der Waals surface area (Å²) in [4.78, 5) is 6.98. The summed E-state index contributed by atoms with van der Waals surface area (Å²) >= 11 is 3.32. The molecule has 0 saturated carbocycles. The first kappa shape index (κ1) is 7.64. The molecule has 4 heteroatoms. The Morgan fingerprint density at radius 2 is 2.15 bits per heavy atom. The molecule has 1 aromatic carbocycles. The van der Waals surface area contributed by atoms with Gasteiger partial charge < -0.3 is 0 Å². The fraction of sp³-hybridized carbons (Fsp3) is 0.111. The normalized spacial score (nSPS) is 17.2. The van der Waals surface area contributed by atoms with E-state index in [0.717, 1.165) is 11.2 Å². The number of nitrogens with zero attached hydrogens (tertiary/aromatic N) is 2. The minimum absolute atomic E-state index is 0.863. The van der Waals surface area contributed by atoms with Crippen LogP contribution in [0.5, 0.6) is 0 Å². The van der Waals surface area contributed by atoms with E-state index in [-0.39, 0.29) is 0 Å². The van der Waals surface area contributed by atoms with Gasteiger partial charge in [0.1, 0.15) is 0 Å². The van der Waals surface area contributed by atoms with Gasteiger partial charge in [-0.05, 0) is 18.2 Å². The van der Waals surface area contributed by atoms with Crippen LogP contribution in [0.2, 0.25) is 0 Å². The van der Waals surface area contributed by atoms with Crippen molar-refractivity contribution in [2.24, 2.45) is 9.39 Å². The number of fused-ring (bicyclic) bond motifs is 3. The highest BCUT2D eigenvalue weighted by Crippen LogP contribution is 2.21. The maximum absolute atomic E-state index is 4.47. The first-order chi connectivity index (χ1) is 6.45. The third kappa shape index (κ3) is 1.13. The van der Waals surface area contributed by atoms with E-state index >= 15 is 0 Å². The van der Waals surface area contributed by atoms with Gasteiger partial charge in [-0.1, -0.05) is 0 Å². The van der Waals surface area contributed by atoms with E-state index in [1.807, 2.05) is 12.3 Å². The largest absolute Gasteiger partial charge is 0.272 e. The lowest BCUT2D eigenvalue weighted by atomic mass is 10.2. The molecule has 0 aromatic heterocycles. The van der Waals surface area contributed by atoms with Gasteiger partial charge in [0.25, 0.3) is 0 Å². The molecule has 0 atom stereocenters. The topological polar surface area (TPSA) is 24.7 Å². The number of thioether (sulfide) groups is 1. The van der Waals surface area contributed by atoms with E-state index in [2.05, 4.69) is 21.5 Å². The molecule has 0 amide bonds. The van der Waals surface area contributed by atoms with Crippen LogP contribution in [-0.4, -0.2) is 12.1 Å². The van der Waals surface area contributed by atoms with Crippen molar-refractivity contribution >= 4 is 36.0 Å². The van der Waals surface area contributed by atoms with Gasteiger partial charge in [0.2, 0.25) is 0 Å². The lowest BCUT2D eigenvalue weighted by molar-refractivity contribution is 1.14. The van der Waals surface area contributed by atoms with Gasteiger partial charge in [0, 0.05) is 33.2 Å². The Bertz CT molecular complexity index is 505. The van der Waals surface area contributed by atoms with Gasteiger partial charge in [0.05, 0.1) is 11.2 Å². The Labute approximate surface area is 84.0 Å². The Morgan fingerprint density at radius 1 is 1.23 bits per heavy atom. The SMILES string of the molecule is C1=NSc2ccc3c(c2=C1)=NCS3. The van der Waals surface area contributed by atoms with Crippen LogP contribution in [0.1, 0.15) is 0 Å². The molecular formula is C9H6N2S2. The highest BCUT2D eigenvalue weighted by molar-refractivity contribution is 7.99. The second-order valence-corrected chi connectivity index (χ2v) is 4.59. The molecule has 64 valence electrons. The fourth-order valence-corrected chi connectivity index (χ4v) is 2.88. The van der Waals surface area contributed by atoms with Crippen molar-refractivity contribution in [1.29, 1.82) is 0 Å². The first-order valence-corrected chi connectivity index (χ1v) is 5.72. The molecule has 0 N–H and O–H groups in total. The number of hydrogen-bond acceptors (Lipinski definition) is 4. The van der Waals surface area contributed by atoms with Crippen LogP contribution in [0.4, 0.5) is 0 Å². The number of hydrogen-bond donors (Lipinski definition) is 0. The van der Waals surface area contributed by atoms with Crippen LogP contribution in [0, 0.1) is 0 Å². The molecule has 2 aliphatic rings. The van der Waals surface area contributed by atoms with E-state index in [4.69, 9.17) is 0 Å². The molecule has 0 spiro atoms. The summed E-state index contributed by atoms with van der Waals surface area (Å²) in [6.45, 7) is 0. The Kier molecular flexibility index (Phi) is 1.70. The molecule has 0 radical (unpaired) electrons. The molecule has 2 aliphatic heterocycles. The maximum atomic E-state index is 4.47. The molecule has 3 rings (SSSR count). The molecular weight excluding hydrogens is 200 g/mol. The fourth-order valence-electron chi connectivity index (χ4n) is 1.45. The zero-order chi connectivity index (χ0) is 8.67. The quantitative estimate of drug-likeness (QED) is 0.597. The van der Waals surface area contributed by atoms with Crippen molar-refractivity contribution in [3.63, 3.8) is 0 Å². The average molecular weight is 206 g/mol. The molecule has 0 saturated heterocycles. The summed E-state index contributed by atoms with van der Waals surface area (Å²) in [7, 11) is 0. The van der Waals surface area contributed by atoms with Gasteiger partial charge in [-0.25, -0.2) is 4.40 Å².